The lowest BCUT2D eigenvalue weighted by Gasteiger charge is -2.36. The monoisotopic (exact) mass is 330 g/mol. The van der Waals surface area contributed by atoms with Gasteiger partial charge >= 0.3 is 5.97 Å². The minimum absolute atomic E-state index is 0.189. The third-order valence-corrected chi connectivity index (χ3v) is 3.88. The molecule has 0 aliphatic carbocycles. The number of hydrogen-bond acceptors (Lipinski definition) is 5. The topological polar surface area (TPSA) is 51.7 Å². The Labute approximate surface area is 140 Å². The number of carbonyl (C=O) groups is 1. The first kappa shape index (κ1) is 16.4. The van der Waals surface area contributed by atoms with Crippen molar-refractivity contribution in [2.75, 3.05) is 13.1 Å². The van der Waals surface area contributed by atoms with Gasteiger partial charge in [0, 0.05) is 18.7 Å². The smallest absolute Gasteiger partial charge is 0.363 e. The van der Waals surface area contributed by atoms with Gasteiger partial charge in [-0.2, -0.15) is 4.39 Å². The number of hydrogen-bond donors (Lipinski definition) is 0. The van der Waals surface area contributed by atoms with Crippen LogP contribution in [0.3, 0.4) is 0 Å². The van der Waals surface area contributed by atoms with E-state index >= 15 is 0 Å². The zero-order chi connectivity index (χ0) is 16.9. The molecule has 6 heteroatoms. The van der Waals surface area contributed by atoms with Crippen molar-refractivity contribution in [1.29, 1.82) is 0 Å². The number of nitrogens with zero attached hydrogens (tertiary/aromatic N) is 2. The molecule has 0 saturated carbocycles. The second-order valence-corrected chi connectivity index (χ2v) is 5.73. The van der Waals surface area contributed by atoms with Gasteiger partial charge in [0.1, 0.15) is 12.4 Å². The second kappa shape index (κ2) is 7.40. The average molecular weight is 330 g/mol. The average Bonchev–Trinajstić information content (AvgIpc) is 2.54. The van der Waals surface area contributed by atoms with E-state index < -0.39 is 18.1 Å². The zero-order valence-corrected chi connectivity index (χ0v) is 13.4. The van der Waals surface area contributed by atoms with Crippen LogP contribution in [-0.4, -0.2) is 35.2 Å². The Hall–Kier alpha value is -2.47. The summed E-state index contributed by atoms with van der Waals surface area (Å²) in [6, 6.07) is 11.0. The summed E-state index contributed by atoms with van der Waals surface area (Å²) in [6.45, 7) is 3.31. The van der Waals surface area contributed by atoms with Gasteiger partial charge in [0.15, 0.2) is 0 Å². The molecule has 0 spiro atoms. The lowest BCUT2D eigenvalue weighted by atomic mass is 10.2. The third kappa shape index (κ3) is 3.89. The van der Waals surface area contributed by atoms with E-state index in [4.69, 9.17) is 9.47 Å². The quantitative estimate of drug-likeness (QED) is 0.602. The Morgan fingerprint density at radius 1 is 1.33 bits per heavy atom. The molecule has 0 amide bonds. The molecule has 1 atom stereocenters. The summed E-state index contributed by atoms with van der Waals surface area (Å²) in [5.41, 5.74) is 1.28. The largest absolute Gasteiger partial charge is 0.462 e. The fourth-order valence-corrected chi connectivity index (χ4v) is 2.37. The van der Waals surface area contributed by atoms with Crippen LogP contribution < -0.4 is 4.74 Å². The maximum atomic E-state index is 13.3. The van der Waals surface area contributed by atoms with Crippen molar-refractivity contribution >= 4 is 5.97 Å². The molecule has 24 heavy (non-hydrogen) atoms. The summed E-state index contributed by atoms with van der Waals surface area (Å²) in [5.74, 6) is -0.655. The number of pyridine rings is 1. The van der Waals surface area contributed by atoms with E-state index in [2.05, 4.69) is 4.98 Å². The molecule has 1 aliphatic rings. The third-order valence-electron chi connectivity index (χ3n) is 3.88. The van der Waals surface area contributed by atoms with Gasteiger partial charge in [-0.15, -0.1) is 0 Å². The van der Waals surface area contributed by atoms with Crippen LogP contribution in [0.4, 0.5) is 4.39 Å². The van der Waals surface area contributed by atoms with E-state index in [0.717, 1.165) is 25.1 Å². The lowest BCUT2D eigenvalue weighted by Crippen LogP contribution is -2.52. The van der Waals surface area contributed by atoms with Gasteiger partial charge < -0.3 is 9.47 Å². The van der Waals surface area contributed by atoms with Crippen molar-refractivity contribution in [2.24, 2.45) is 0 Å². The van der Waals surface area contributed by atoms with Gasteiger partial charge in [0.25, 0.3) is 6.23 Å². The summed E-state index contributed by atoms with van der Waals surface area (Å²) in [5, 5.41) is 0. The van der Waals surface area contributed by atoms with Gasteiger partial charge in [0.05, 0.1) is 6.20 Å². The maximum Gasteiger partial charge on any atom is 0.363 e. The van der Waals surface area contributed by atoms with Crippen LogP contribution in [0.15, 0.2) is 42.6 Å². The van der Waals surface area contributed by atoms with Crippen molar-refractivity contribution in [3.8, 4) is 5.75 Å². The van der Waals surface area contributed by atoms with Crippen molar-refractivity contribution < 1.29 is 18.7 Å². The molecule has 0 bridgehead atoms. The Bertz CT molecular complexity index is 705. The number of aryl methyl sites for hydroxylation is 1. The number of carbonyl (C=O) groups excluding carboxylic acids is 1. The number of halogens is 1. The van der Waals surface area contributed by atoms with Gasteiger partial charge in [0.2, 0.25) is 5.95 Å². The molecule has 1 aromatic heterocycles. The number of likely N-dealkylation sites (tertiary alicyclic amines) is 1. The Kier molecular flexibility index (Phi) is 5.05. The molecule has 1 aromatic carbocycles. The van der Waals surface area contributed by atoms with Gasteiger partial charge in [-0.05, 0) is 25.0 Å². The van der Waals surface area contributed by atoms with Gasteiger partial charge in [-0.3, -0.25) is 4.90 Å². The van der Waals surface area contributed by atoms with Crippen molar-refractivity contribution in [2.45, 2.75) is 26.2 Å². The van der Waals surface area contributed by atoms with Crippen LogP contribution in [0.2, 0.25) is 0 Å². The minimum Gasteiger partial charge on any atom is -0.462 e. The van der Waals surface area contributed by atoms with Crippen LogP contribution in [-0.2, 0) is 16.1 Å². The molecule has 0 radical (unpaired) electrons. The van der Waals surface area contributed by atoms with Crippen molar-refractivity contribution in [3.05, 3.63) is 59.7 Å². The van der Waals surface area contributed by atoms with Gasteiger partial charge in [-0.25, -0.2) is 9.78 Å². The molecule has 1 aliphatic heterocycles. The van der Waals surface area contributed by atoms with Crippen LogP contribution in [0.25, 0.3) is 0 Å². The molecule has 2 aromatic rings. The Morgan fingerprint density at radius 3 is 2.71 bits per heavy atom. The van der Waals surface area contributed by atoms with E-state index in [0.29, 0.717) is 11.3 Å². The normalized spacial score (nSPS) is 15.4. The molecule has 3 rings (SSSR count). The van der Waals surface area contributed by atoms with Crippen LogP contribution >= 0.6 is 0 Å². The first-order valence-electron chi connectivity index (χ1n) is 7.87. The Balaban J connectivity index is 1.66. The predicted molar refractivity (Wildman–Crippen MR) is 85.8 cm³/mol. The first-order valence-corrected chi connectivity index (χ1v) is 7.87. The van der Waals surface area contributed by atoms with E-state index in [9.17, 15) is 9.18 Å². The molecular weight excluding hydrogens is 311 g/mol. The van der Waals surface area contributed by atoms with E-state index in [1.165, 1.54) is 12.3 Å². The fraction of sp³-hybridized carbons (Fsp3) is 0.333. The molecule has 2 heterocycles. The predicted octanol–water partition coefficient (Wildman–Crippen LogP) is 2.68. The van der Waals surface area contributed by atoms with E-state index in [-0.39, 0.29) is 6.61 Å². The standard InChI is InChI=1S/C18H19FN2O3/c1-13-10-15(11-20-16(13)19)24-17(21-8-5-9-21)18(22)23-12-14-6-3-2-4-7-14/h2-4,6-7,10-11,17H,5,8-9,12H2,1H3. The number of rotatable bonds is 6. The Morgan fingerprint density at radius 2 is 2.08 bits per heavy atom. The summed E-state index contributed by atoms with van der Waals surface area (Å²) in [4.78, 5) is 17.9. The maximum absolute atomic E-state index is 13.3. The van der Waals surface area contributed by atoms with E-state index in [1.807, 2.05) is 35.2 Å². The molecular formula is C18H19FN2O3. The summed E-state index contributed by atoms with van der Waals surface area (Å²) >= 11 is 0. The molecule has 126 valence electrons. The number of ether oxygens (including phenoxy) is 2. The minimum atomic E-state index is -0.839. The van der Waals surface area contributed by atoms with Crippen molar-refractivity contribution in [1.82, 2.24) is 9.88 Å². The molecule has 5 nitrogen and oxygen atoms in total. The number of esters is 1. The van der Waals surface area contributed by atoms with Crippen LogP contribution in [0.5, 0.6) is 5.75 Å². The van der Waals surface area contributed by atoms with E-state index in [1.54, 1.807) is 6.92 Å². The lowest BCUT2D eigenvalue weighted by molar-refractivity contribution is -0.166. The molecule has 1 saturated heterocycles. The zero-order valence-electron chi connectivity index (χ0n) is 13.4. The highest BCUT2D eigenvalue weighted by Gasteiger charge is 2.33. The SMILES string of the molecule is Cc1cc(OC(C(=O)OCc2ccccc2)N2CCC2)cnc1F. The highest BCUT2D eigenvalue weighted by molar-refractivity contribution is 5.74. The summed E-state index contributed by atoms with van der Waals surface area (Å²) in [6.07, 6.45) is 1.45. The summed E-state index contributed by atoms with van der Waals surface area (Å²) < 4.78 is 24.4. The summed E-state index contributed by atoms with van der Waals surface area (Å²) in [7, 11) is 0. The molecule has 0 N–H and O–H groups in total. The van der Waals surface area contributed by atoms with Crippen LogP contribution in [0, 0.1) is 12.9 Å². The molecule has 1 fully saturated rings. The van der Waals surface area contributed by atoms with Crippen molar-refractivity contribution in [3.63, 3.8) is 0 Å². The highest BCUT2D eigenvalue weighted by atomic mass is 19.1. The highest BCUT2D eigenvalue weighted by Crippen LogP contribution is 2.20. The fourth-order valence-electron chi connectivity index (χ4n) is 2.37. The number of aromatic nitrogens is 1. The number of benzene rings is 1. The molecule has 1 unspecified atom stereocenters. The first-order chi connectivity index (χ1) is 11.6. The van der Waals surface area contributed by atoms with Crippen LogP contribution in [0.1, 0.15) is 17.5 Å². The second-order valence-electron chi connectivity index (χ2n) is 5.73. The van der Waals surface area contributed by atoms with Gasteiger partial charge in [-0.1, -0.05) is 30.3 Å².